The fourth-order valence-electron chi connectivity index (χ4n) is 4.12. The Balaban J connectivity index is 2.22. The van der Waals surface area contributed by atoms with Crippen LogP contribution in [0.4, 0.5) is 0 Å². The molecule has 0 fully saturated rings. The van der Waals surface area contributed by atoms with Gasteiger partial charge in [0.25, 0.3) is 0 Å². The van der Waals surface area contributed by atoms with Gasteiger partial charge in [-0.15, -0.1) is 0 Å². The van der Waals surface area contributed by atoms with E-state index in [4.69, 9.17) is 7.85 Å². The molecule has 1 aliphatic carbocycles. The fraction of sp³-hybridized carbons (Fsp3) is 0.429. The van der Waals surface area contributed by atoms with E-state index in [0.717, 1.165) is 5.46 Å². The summed E-state index contributed by atoms with van der Waals surface area (Å²) < 4.78 is 1.18. The Labute approximate surface area is 150 Å². The van der Waals surface area contributed by atoms with E-state index in [-0.39, 0.29) is 5.41 Å². The van der Waals surface area contributed by atoms with Crippen LogP contribution >= 0.6 is 15.9 Å². The molecule has 0 bridgehead atoms. The van der Waals surface area contributed by atoms with Crippen LogP contribution in [0, 0.1) is 0 Å². The van der Waals surface area contributed by atoms with Crippen molar-refractivity contribution >= 4 is 29.2 Å². The smallest absolute Gasteiger partial charge is 0.0960 e. The summed E-state index contributed by atoms with van der Waals surface area (Å²) in [6.45, 7) is 4.57. The molecule has 0 aromatic heterocycles. The lowest BCUT2D eigenvalue weighted by molar-refractivity contribution is 0.414. The maximum Gasteiger partial charge on any atom is 0.113 e. The Morgan fingerprint density at radius 2 is 1.57 bits per heavy atom. The van der Waals surface area contributed by atoms with Gasteiger partial charge < -0.3 is 0 Å². The zero-order chi connectivity index (χ0) is 16.4. The van der Waals surface area contributed by atoms with Gasteiger partial charge in [-0.25, -0.2) is 0 Å². The number of benzene rings is 2. The highest BCUT2D eigenvalue weighted by atomic mass is 79.9. The maximum atomic E-state index is 6.10. The van der Waals surface area contributed by atoms with E-state index in [1.54, 1.807) is 0 Å². The third-order valence-electron chi connectivity index (χ3n) is 5.26. The van der Waals surface area contributed by atoms with Gasteiger partial charge in [-0.3, -0.25) is 0 Å². The van der Waals surface area contributed by atoms with Gasteiger partial charge in [0.1, 0.15) is 7.85 Å². The molecule has 0 saturated heterocycles. The van der Waals surface area contributed by atoms with Gasteiger partial charge in [0, 0.05) is 9.89 Å². The SMILES string of the molecule is [B]c1ccc2c(c1)-c1ccc(Br)cc1C2(CCCC)CCCC. The van der Waals surface area contributed by atoms with Crippen LogP contribution in [0.5, 0.6) is 0 Å². The third kappa shape index (κ3) is 2.91. The monoisotopic (exact) mass is 366 g/mol. The summed E-state index contributed by atoms with van der Waals surface area (Å²) in [5.74, 6) is 0. The summed E-state index contributed by atoms with van der Waals surface area (Å²) in [5, 5.41) is 0. The predicted molar refractivity (Wildman–Crippen MR) is 105 cm³/mol. The van der Waals surface area contributed by atoms with Crippen molar-refractivity contribution < 1.29 is 0 Å². The second kappa shape index (κ2) is 6.85. The number of halogens is 1. The van der Waals surface area contributed by atoms with Crippen LogP contribution in [0.2, 0.25) is 0 Å². The molecule has 3 rings (SSSR count). The summed E-state index contributed by atoms with van der Waals surface area (Å²) in [7, 11) is 6.10. The molecule has 118 valence electrons. The van der Waals surface area contributed by atoms with Crippen LogP contribution in [0.15, 0.2) is 40.9 Å². The van der Waals surface area contributed by atoms with Crippen LogP contribution in [0.3, 0.4) is 0 Å². The average molecular weight is 367 g/mol. The van der Waals surface area contributed by atoms with Gasteiger partial charge in [-0.1, -0.05) is 85.2 Å². The molecule has 0 unspecified atom stereocenters. The highest BCUT2D eigenvalue weighted by molar-refractivity contribution is 9.10. The van der Waals surface area contributed by atoms with E-state index >= 15 is 0 Å². The molecule has 0 atom stereocenters. The van der Waals surface area contributed by atoms with Gasteiger partial charge in [0.05, 0.1) is 0 Å². The molecule has 0 saturated carbocycles. The Kier molecular flexibility index (Phi) is 5.01. The van der Waals surface area contributed by atoms with Crippen molar-refractivity contribution in [2.75, 3.05) is 0 Å². The second-order valence-electron chi connectivity index (χ2n) is 6.78. The molecular weight excluding hydrogens is 343 g/mol. The van der Waals surface area contributed by atoms with Crippen LogP contribution in [0.25, 0.3) is 11.1 Å². The summed E-state index contributed by atoms with van der Waals surface area (Å²) in [6, 6.07) is 13.3. The van der Waals surface area contributed by atoms with Crippen LogP contribution < -0.4 is 5.46 Å². The lowest BCUT2D eigenvalue weighted by Crippen LogP contribution is -2.25. The zero-order valence-corrected chi connectivity index (χ0v) is 15.7. The quantitative estimate of drug-likeness (QED) is 0.559. The van der Waals surface area contributed by atoms with E-state index < -0.39 is 0 Å². The molecule has 0 aliphatic heterocycles. The molecule has 2 heteroatoms. The summed E-state index contributed by atoms with van der Waals surface area (Å²) in [6.07, 6.45) is 7.45. The summed E-state index contributed by atoms with van der Waals surface area (Å²) in [5.41, 5.74) is 6.73. The van der Waals surface area contributed by atoms with Crippen LogP contribution in [-0.4, -0.2) is 7.85 Å². The van der Waals surface area contributed by atoms with Gasteiger partial charge in [0.2, 0.25) is 0 Å². The summed E-state index contributed by atoms with van der Waals surface area (Å²) >= 11 is 3.69. The van der Waals surface area contributed by atoms with Gasteiger partial charge >= 0.3 is 0 Å². The molecular formula is C21H24BBr. The van der Waals surface area contributed by atoms with Crippen molar-refractivity contribution in [1.29, 1.82) is 0 Å². The van der Waals surface area contributed by atoms with E-state index in [2.05, 4.69) is 66.2 Å². The Morgan fingerprint density at radius 1 is 0.870 bits per heavy atom. The molecule has 0 heterocycles. The number of fused-ring (bicyclic) bond motifs is 3. The topological polar surface area (TPSA) is 0 Å². The molecule has 0 N–H and O–H groups in total. The average Bonchev–Trinajstić information content (AvgIpc) is 2.80. The standard InChI is InChI=1S/C21H24BBr/c1-3-5-11-21(12-6-4-2)19-10-7-15(22)13-18(19)17-9-8-16(23)14-20(17)21/h7-10,13-14H,3-6,11-12H2,1-2H3. The Hall–Kier alpha value is -1.02. The normalized spacial score (nSPS) is 14.6. The molecule has 2 aromatic carbocycles. The van der Waals surface area contributed by atoms with Gasteiger partial charge in [0.15, 0.2) is 0 Å². The molecule has 2 aromatic rings. The minimum atomic E-state index is 0.161. The van der Waals surface area contributed by atoms with E-state index in [9.17, 15) is 0 Å². The van der Waals surface area contributed by atoms with Crippen LogP contribution in [0.1, 0.15) is 63.5 Å². The highest BCUT2D eigenvalue weighted by Crippen LogP contribution is 2.54. The lowest BCUT2D eigenvalue weighted by Gasteiger charge is -2.32. The van der Waals surface area contributed by atoms with Gasteiger partial charge in [-0.2, -0.15) is 0 Å². The number of hydrogen-bond acceptors (Lipinski definition) is 0. The minimum Gasteiger partial charge on any atom is -0.0960 e. The van der Waals surface area contributed by atoms with Crippen molar-refractivity contribution in [3.63, 3.8) is 0 Å². The zero-order valence-electron chi connectivity index (χ0n) is 14.2. The first-order valence-corrected chi connectivity index (χ1v) is 9.62. The largest absolute Gasteiger partial charge is 0.113 e. The van der Waals surface area contributed by atoms with E-state index in [1.807, 2.05) is 0 Å². The lowest BCUT2D eigenvalue weighted by atomic mass is 9.70. The predicted octanol–water partition coefficient (Wildman–Crippen LogP) is 5.89. The first-order valence-electron chi connectivity index (χ1n) is 8.83. The molecule has 2 radical (unpaired) electrons. The van der Waals surface area contributed by atoms with Crippen molar-refractivity contribution in [2.45, 2.75) is 57.8 Å². The Morgan fingerprint density at radius 3 is 2.22 bits per heavy atom. The van der Waals surface area contributed by atoms with Crippen LogP contribution in [-0.2, 0) is 5.41 Å². The van der Waals surface area contributed by atoms with Crippen molar-refractivity contribution in [3.05, 3.63) is 52.0 Å². The van der Waals surface area contributed by atoms with E-state index in [1.165, 1.54) is 65.3 Å². The molecule has 0 spiro atoms. The molecule has 1 aliphatic rings. The second-order valence-corrected chi connectivity index (χ2v) is 7.70. The van der Waals surface area contributed by atoms with Crippen molar-refractivity contribution in [1.82, 2.24) is 0 Å². The number of rotatable bonds is 6. The highest BCUT2D eigenvalue weighted by Gasteiger charge is 2.41. The molecule has 0 amide bonds. The fourth-order valence-corrected chi connectivity index (χ4v) is 4.48. The molecule has 23 heavy (non-hydrogen) atoms. The third-order valence-corrected chi connectivity index (χ3v) is 5.75. The first-order chi connectivity index (χ1) is 11.1. The maximum absolute atomic E-state index is 6.10. The van der Waals surface area contributed by atoms with Crippen molar-refractivity contribution in [2.24, 2.45) is 0 Å². The first kappa shape index (κ1) is 16.8. The number of hydrogen-bond donors (Lipinski definition) is 0. The van der Waals surface area contributed by atoms with Gasteiger partial charge in [-0.05, 0) is 47.2 Å². The van der Waals surface area contributed by atoms with E-state index in [0.29, 0.717) is 0 Å². The number of unbranched alkanes of at least 4 members (excludes halogenated alkanes) is 2. The Bertz CT molecular complexity index is 697. The molecule has 0 nitrogen and oxygen atoms in total. The van der Waals surface area contributed by atoms with Crippen molar-refractivity contribution in [3.8, 4) is 11.1 Å². The minimum absolute atomic E-state index is 0.161. The summed E-state index contributed by atoms with van der Waals surface area (Å²) in [4.78, 5) is 0.